The van der Waals surface area contributed by atoms with Gasteiger partial charge in [-0.05, 0) is 49.1 Å². The highest BCUT2D eigenvalue weighted by molar-refractivity contribution is 5.91. The first kappa shape index (κ1) is 30.7. The summed E-state index contributed by atoms with van der Waals surface area (Å²) in [5, 5.41) is 0. The Labute approximate surface area is 223 Å². The first-order valence-corrected chi connectivity index (χ1v) is 14.5. The SMILES string of the molecule is CCCCCCCCCCCc1ccc(OC(=O)c2ccc(/C(F)=C(\F)CCCCCCC)cc2)cc1. The zero-order chi connectivity index (χ0) is 26.7. The van der Waals surface area contributed by atoms with E-state index in [-0.39, 0.29) is 12.0 Å². The Morgan fingerprint density at radius 3 is 1.68 bits per heavy atom. The quantitative estimate of drug-likeness (QED) is 0.106. The summed E-state index contributed by atoms with van der Waals surface area (Å²) in [6.45, 7) is 4.37. The number of hydrogen-bond acceptors (Lipinski definition) is 2. The first-order chi connectivity index (χ1) is 18.0. The van der Waals surface area contributed by atoms with E-state index >= 15 is 0 Å². The van der Waals surface area contributed by atoms with Crippen molar-refractivity contribution >= 4 is 11.8 Å². The highest BCUT2D eigenvalue weighted by atomic mass is 19.2. The third-order valence-corrected chi connectivity index (χ3v) is 6.81. The molecule has 0 saturated carbocycles. The second kappa shape index (κ2) is 18.7. The molecule has 204 valence electrons. The van der Waals surface area contributed by atoms with Gasteiger partial charge in [0.05, 0.1) is 5.56 Å². The minimum Gasteiger partial charge on any atom is -0.423 e. The van der Waals surface area contributed by atoms with Crippen LogP contribution in [0.25, 0.3) is 5.83 Å². The van der Waals surface area contributed by atoms with Gasteiger partial charge >= 0.3 is 5.97 Å². The third kappa shape index (κ3) is 12.5. The van der Waals surface area contributed by atoms with E-state index < -0.39 is 17.6 Å². The van der Waals surface area contributed by atoms with Crippen LogP contribution in [0.1, 0.15) is 132 Å². The van der Waals surface area contributed by atoms with Crippen molar-refractivity contribution in [2.75, 3.05) is 0 Å². The molecule has 37 heavy (non-hydrogen) atoms. The minimum absolute atomic E-state index is 0.106. The number of ether oxygens (including phenoxy) is 1. The van der Waals surface area contributed by atoms with E-state index in [4.69, 9.17) is 4.74 Å². The summed E-state index contributed by atoms with van der Waals surface area (Å²) in [4.78, 5) is 12.5. The van der Waals surface area contributed by atoms with Crippen LogP contribution in [0.5, 0.6) is 5.75 Å². The van der Waals surface area contributed by atoms with Gasteiger partial charge in [-0.25, -0.2) is 13.6 Å². The Morgan fingerprint density at radius 1 is 0.622 bits per heavy atom. The lowest BCUT2D eigenvalue weighted by atomic mass is 10.0. The number of carbonyl (C=O) groups excluding carboxylic acids is 1. The second-order valence-corrected chi connectivity index (χ2v) is 10.1. The van der Waals surface area contributed by atoms with Crippen molar-refractivity contribution in [1.82, 2.24) is 0 Å². The van der Waals surface area contributed by atoms with Crippen LogP contribution in [-0.4, -0.2) is 5.97 Å². The lowest BCUT2D eigenvalue weighted by Gasteiger charge is -2.07. The van der Waals surface area contributed by atoms with Gasteiger partial charge in [0.1, 0.15) is 11.6 Å². The summed E-state index contributed by atoms with van der Waals surface area (Å²) < 4.78 is 34.1. The molecule has 2 aromatic rings. The molecule has 2 nitrogen and oxygen atoms in total. The maximum atomic E-state index is 14.4. The number of esters is 1. The standard InChI is InChI=1S/C33H46F2O2/c1-3-5-7-9-10-11-12-14-15-17-27-19-25-30(26-20-27)37-33(36)29-23-21-28(22-24-29)32(35)31(34)18-16-13-8-6-4-2/h19-26H,3-18H2,1-2H3/b32-31+. The predicted molar refractivity (Wildman–Crippen MR) is 151 cm³/mol. The van der Waals surface area contributed by atoms with Crippen LogP contribution < -0.4 is 4.74 Å². The van der Waals surface area contributed by atoms with E-state index in [1.807, 2.05) is 24.3 Å². The Morgan fingerprint density at radius 2 is 1.11 bits per heavy atom. The Balaban J connectivity index is 1.73. The van der Waals surface area contributed by atoms with Gasteiger partial charge in [-0.1, -0.05) is 115 Å². The van der Waals surface area contributed by atoms with Gasteiger partial charge in [-0.3, -0.25) is 0 Å². The Kier molecular flexibility index (Phi) is 15.5. The minimum atomic E-state index is -0.849. The van der Waals surface area contributed by atoms with Gasteiger partial charge in [-0.15, -0.1) is 0 Å². The summed E-state index contributed by atoms with van der Waals surface area (Å²) in [5.74, 6) is -1.61. The molecule has 0 aliphatic rings. The van der Waals surface area contributed by atoms with E-state index in [1.54, 1.807) is 0 Å². The Bertz CT molecular complexity index is 916. The number of carbonyl (C=O) groups is 1. The highest BCUT2D eigenvalue weighted by Crippen LogP contribution is 2.26. The topological polar surface area (TPSA) is 26.3 Å². The molecule has 0 saturated heterocycles. The van der Waals surface area contributed by atoms with Crippen molar-refractivity contribution in [3.8, 4) is 5.75 Å². The van der Waals surface area contributed by atoms with Crippen LogP contribution >= 0.6 is 0 Å². The number of benzene rings is 2. The predicted octanol–water partition coefficient (Wildman–Crippen LogP) is 10.9. The Hall–Kier alpha value is -2.49. The zero-order valence-electron chi connectivity index (χ0n) is 23.0. The monoisotopic (exact) mass is 512 g/mol. The van der Waals surface area contributed by atoms with E-state index in [2.05, 4.69) is 13.8 Å². The molecule has 0 heterocycles. The van der Waals surface area contributed by atoms with Gasteiger partial charge in [0, 0.05) is 12.0 Å². The fourth-order valence-corrected chi connectivity index (χ4v) is 4.43. The average Bonchev–Trinajstić information content (AvgIpc) is 2.92. The molecule has 0 unspecified atom stereocenters. The molecule has 0 fully saturated rings. The molecule has 0 N–H and O–H groups in total. The van der Waals surface area contributed by atoms with Crippen molar-refractivity contribution in [2.45, 2.75) is 117 Å². The molecule has 2 aromatic carbocycles. The summed E-state index contributed by atoms with van der Waals surface area (Å²) in [5.41, 5.74) is 1.68. The number of allylic oxidation sites excluding steroid dienone is 1. The van der Waals surface area contributed by atoms with Gasteiger partial charge in [0.25, 0.3) is 0 Å². The van der Waals surface area contributed by atoms with E-state index in [0.717, 1.165) is 32.1 Å². The van der Waals surface area contributed by atoms with Crippen molar-refractivity contribution < 1.29 is 18.3 Å². The smallest absolute Gasteiger partial charge is 0.343 e. The maximum absolute atomic E-state index is 14.4. The third-order valence-electron chi connectivity index (χ3n) is 6.81. The van der Waals surface area contributed by atoms with Crippen LogP contribution in [0.15, 0.2) is 54.4 Å². The van der Waals surface area contributed by atoms with Crippen LogP contribution in [0.2, 0.25) is 0 Å². The van der Waals surface area contributed by atoms with Gasteiger partial charge in [-0.2, -0.15) is 0 Å². The molecule has 0 spiro atoms. The molecule has 4 heteroatoms. The second-order valence-electron chi connectivity index (χ2n) is 10.1. The van der Waals surface area contributed by atoms with Crippen molar-refractivity contribution in [1.29, 1.82) is 0 Å². The van der Waals surface area contributed by atoms with Crippen LogP contribution in [0.3, 0.4) is 0 Å². The number of unbranched alkanes of at least 4 members (excludes halogenated alkanes) is 12. The van der Waals surface area contributed by atoms with Crippen LogP contribution in [0.4, 0.5) is 8.78 Å². The fraction of sp³-hybridized carbons (Fsp3) is 0.545. The average molecular weight is 513 g/mol. The fourth-order valence-electron chi connectivity index (χ4n) is 4.43. The molecular weight excluding hydrogens is 466 g/mol. The van der Waals surface area contributed by atoms with Crippen LogP contribution in [0, 0.1) is 0 Å². The molecule has 0 amide bonds. The molecule has 2 rings (SSSR count). The van der Waals surface area contributed by atoms with Crippen LogP contribution in [-0.2, 0) is 6.42 Å². The van der Waals surface area contributed by atoms with Gasteiger partial charge < -0.3 is 4.74 Å². The molecule has 0 bridgehead atoms. The molecule has 0 radical (unpaired) electrons. The van der Waals surface area contributed by atoms with Crippen molar-refractivity contribution in [2.24, 2.45) is 0 Å². The lowest BCUT2D eigenvalue weighted by molar-refractivity contribution is 0.0734. The summed E-state index contributed by atoms with van der Waals surface area (Å²) in [7, 11) is 0. The van der Waals surface area contributed by atoms with E-state index in [9.17, 15) is 13.6 Å². The zero-order valence-corrected chi connectivity index (χ0v) is 23.0. The summed E-state index contributed by atoms with van der Waals surface area (Å²) in [6, 6.07) is 13.4. The largest absolute Gasteiger partial charge is 0.423 e. The molecule has 0 aromatic heterocycles. The summed E-state index contributed by atoms with van der Waals surface area (Å²) >= 11 is 0. The normalized spacial score (nSPS) is 11.9. The number of aryl methyl sites for hydroxylation is 1. The molecule has 0 aliphatic carbocycles. The maximum Gasteiger partial charge on any atom is 0.343 e. The summed E-state index contributed by atoms with van der Waals surface area (Å²) in [6.07, 6.45) is 17.7. The van der Waals surface area contributed by atoms with Gasteiger partial charge in [0.2, 0.25) is 0 Å². The van der Waals surface area contributed by atoms with E-state index in [1.165, 1.54) is 87.6 Å². The van der Waals surface area contributed by atoms with Crippen molar-refractivity contribution in [3.63, 3.8) is 0 Å². The van der Waals surface area contributed by atoms with Crippen molar-refractivity contribution in [3.05, 3.63) is 71.0 Å². The highest BCUT2D eigenvalue weighted by Gasteiger charge is 2.12. The molecule has 0 atom stereocenters. The van der Waals surface area contributed by atoms with E-state index in [0.29, 0.717) is 17.7 Å². The number of hydrogen-bond donors (Lipinski definition) is 0. The molecular formula is C33H46F2O2. The number of halogens is 2. The lowest BCUT2D eigenvalue weighted by Crippen LogP contribution is -2.08. The number of rotatable bonds is 19. The molecule has 0 aliphatic heterocycles. The van der Waals surface area contributed by atoms with Gasteiger partial charge in [0.15, 0.2) is 5.83 Å². The first-order valence-electron chi connectivity index (χ1n) is 14.5.